The Morgan fingerprint density at radius 2 is 1.96 bits per heavy atom. The van der Waals surface area contributed by atoms with Crippen LogP contribution in [0.5, 0.6) is 0 Å². The summed E-state index contributed by atoms with van der Waals surface area (Å²) in [6.45, 7) is 3.83. The lowest BCUT2D eigenvalue weighted by Gasteiger charge is -2.20. The van der Waals surface area contributed by atoms with Gasteiger partial charge in [0, 0.05) is 24.0 Å². The molecule has 1 aromatic carbocycles. The number of hydrogen-bond donors (Lipinski definition) is 1. The van der Waals surface area contributed by atoms with Crippen LogP contribution < -0.4 is 5.32 Å². The minimum Gasteiger partial charge on any atom is -0.371 e. The quantitative estimate of drug-likeness (QED) is 0.525. The van der Waals surface area contributed by atoms with E-state index in [1.54, 1.807) is 24.5 Å². The molecule has 0 amide bonds. The molecule has 0 bridgehead atoms. The van der Waals surface area contributed by atoms with Crippen molar-refractivity contribution in [1.82, 2.24) is 15.1 Å². The molecule has 2 heterocycles. The van der Waals surface area contributed by atoms with E-state index in [4.69, 9.17) is 4.52 Å². The highest BCUT2D eigenvalue weighted by atomic mass is 19.1. The molecule has 3 aromatic rings. The van der Waals surface area contributed by atoms with Crippen molar-refractivity contribution >= 4 is 11.4 Å². The van der Waals surface area contributed by atoms with Gasteiger partial charge in [0.05, 0.1) is 16.7 Å². The van der Waals surface area contributed by atoms with Crippen molar-refractivity contribution in [2.75, 3.05) is 5.32 Å². The maximum Gasteiger partial charge on any atom is 0.272 e. The van der Waals surface area contributed by atoms with E-state index in [0.29, 0.717) is 11.7 Å². The summed E-state index contributed by atoms with van der Waals surface area (Å²) in [7, 11) is 0. The molecule has 1 atom stereocenters. The molecule has 1 N–H and O–H groups in total. The van der Waals surface area contributed by atoms with Crippen LogP contribution in [0.4, 0.5) is 15.8 Å². The van der Waals surface area contributed by atoms with Gasteiger partial charge in [-0.15, -0.1) is 0 Å². The number of hydrogen-bond acceptors (Lipinski definition) is 7. The number of nitrogens with zero attached hydrogens (tertiary/aromatic N) is 4. The van der Waals surface area contributed by atoms with Crippen LogP contribution in [0.2, 0.25) is 0 Å². The Morgan fingerprint density at radius 1 is 1.23 bits per heavy atom. The molecule has 0 aliphatic heterocycles. The third kappa shape index (κ3) is 3.66. The van der Waals surface area contributed by atoms with Crippen molar-refractivity contribution in [3.63, 3.8) is 0 Å². The van der Waals surface area contributed by atoms with E-state index < -0.39 is 16.8 Å². The average Bonchev–Trinajstić information content (AvgIpc) is 3.10. The fraction of sp³-hybridized carbons (Fsp3) is 0.235. The predicted octanol–water partition coefficient (Wildman–Crippen LogP) is 3.99. The van der Waals surface area contributed by atoms with Gasteiger partial charge in [0.2, 0.25) is 11.7 Å². The Bertz CT molecular complexity index is 914. The van der Waals surface area contributed by atoms with Gasteiger partial charge in [0.25, 0.3) is 5.69 Å². The van der Waals surface area contributed by atoms with Gasteiger partial charge in [-0.3, -0.25) is 15.1 Å². The van der Waals surface area contributed by atoms with E-state index in [1.807, 2.05) is 13.8 Å². The Labute approximate surface area is 148 Å². The minimum atomic E-state index is -0.723. The maximum atomic E-state index is 14.2. The van der Waals surface area contributed by atoms with Gasteiger partial charge in [0.15, 0.2) is 5.82 Å². The second kappa shape index (κ2) is 7.26. The van der Waals surface area contributed by atoms with E-state index in [2.05, 4.69) is 20.4 Å². The lowest BCUT2D eigenvalue weighted by Crippen LogP contribution is -2.18. The highest BCUT2D eigenvalue weighted by Gasteiger charge is 2.24. The van der Waals surface area contributed by atoms with Gasteiger partial charge in [-0.25, -0.2) is 4.39 Å². The normalized spacial score (nSPS) is 12.2. The van der Waals surface area contributed by atoms with Crippen LogP contribution in [0.25, 0.3) is 11.4 Å². The van der Waals surface area contributed by atoms with Crippen molar-refractivity contribution < 1.29 is 13.8 Å². The molecule has 3 rings (SSSR count). The summed E-state index contributed by atoms with van der Waals surface area (Å²) in [6.07, 6.45) is 3.24. The van der Waals surface area contributed by atoms with Crippen LogP contribution >= 0.6 is 0 Å². The number of pyridine rings is 1. The Hall–Kier alpha value is -3.36. The summed E-state index contributed by atoms with van der Waals surface area (Å²) in [5.74, 6) is -0.0300. The number of anilines is 1. The number of rotatable bonds is 6. The largest absolute Gasteiger partial charge is 0.371 e. The van der Waals surface area contributed by atoms with Gasteiger partial charge < -0.3 is 9.84 Å². The predicted molar refractivity (Wildman–Crippen MR) is 91.8 cm³/mol. The second-order valence-electron chi connectivity index (χ2n) is 5.98. The molecular formula is C17H16FN5O3. The van der Waals surface area contributed by atoms with Crippen LogP contribution in [0, 0.1) is 21.8 Å². The standard InChI is InChI=1S/C17H16FN5O3/c1-10(2)15(20-14-4-3-12(23(24)25)9-13(14)18)17-21-16(22-26-17)11-5-7-19-8-6-11/h3-10,15,20H,1-2H3. The number of nitro benzene ring substituents is 1. The molecule has 2 aromatic heterocycles. The van der Waals surface area contributed by atoms with Gasteiger partial charge in [-0.1, -0.05) is 19.0 Å². The molecular weight excluding hydrogens is 341 g/mol. The molecule has 0 aliphatic carbocycles. The first-order valence-corrected chi connectivity index (χ1v) is 7.90. The van der Waals surface area contributed by atoms with Gasteiger partial charge in [0.1, 0.15) is 6.04 Å². The zero-order valence-electron chi connectivity index (χ0n) is 14.1. The number of non-ortho nitro benzene ring substituents is 1. The van der Waals surface area contributed by atoms with Crippen LogP contribution in [0.3, 0.4) is 0 Å². The molecule has 134 valence electrons. The third-order valence-corrected chi connectivity index (χ3v) is 3.79. The Kier molecular flexibility index (Phi) is 4.87. The maximum absolute atomic E-state index is 14.2. The van der Waals surface area contributed by atoms with Crippen molar-refractivity contribution in [3.05, 3.63) is 64.5 Å². The van der Waals surface area contributed by atoms with E-state index in [-0.39, 0.29) is 17.3 Å². The summed E-state index contributed by atoms with van der Waals surface area (Å²) in [6, 6.07) is 6.47. The molecule has 0 aliphatic rings. The molecule has 1 unspecified atom stereocenters. The highest BCUT2D eigenvalue weighted by Crippen LogP contribution is 2.29. The van der Waals surface area contributed by atoms with Crippen LogP contribution in [-0.2, 0) is 0 Å². The summed E-state index contributed by atoms with van der Waals surface area (Å²) in [5, 5.41) is 17.7. The van der Waals surface area contributed by atoms with Crippen LogP contribution in [0.15, 0.2) is 47.2 Å². The summed E-state index contributed by atoms with van der Waals surface area (Å²) in [4.78, 5) is 18.4. The number of nitro groups is 1. The fourth-order valence-corrected chi connectivity index (χ4v) is 2.40. The zero-order chi connectivity index (χ0) is 18.7. The molecule has 0 fully saturated rings. The van der Waals surface area contributed by atoms with Gasteiger partial charge in [-0.05, 0) is 24.1 Å². The van der Waals surface area contributed by atoms with Crippen LogP contribution in [0.1, 0.15) is 25.8 Å². The van der Waals surface area contributed by atoms with E-state index in [1.165, 1.54) is 12.1 Å². The van der Waals surface area contributed by atoms with Crippen LogP contribution in [-0.4, -0.2) is 20.0 Å². The Balaban J connectivity index is 1.87. The zero-order valence-corrected chi connectivity index (χ0v) is 14.1. The number of benzene rings is 1. The molecule has 0 radical (unpaired) electrons. The molecule has 0 saturated carbocycles. The van der Waals surface area contributed by atoms with Gasteiger partial charge in [-0.2, -0.15) is 4.98 Å². The first kappa shape index (κ1) is 17.5. The molecule has 8 nitrogen and oxygen atoms in total. The SMILES string of the molecule is CC(C)C(Nc1ccc([N+](=O)[O-])cc1F)c1nc(-c2ccncc2)no1. The first-order valence-electron chi connectivity index (χ1n) is 7.90. The number of aromatic nitrogens is 3. The second-order valence-corrected chi connectivity index (χ2v) is 5.98. The first-order chi connectivity index (χ1) is 12.5. The molecule has 0 spiro atoms. The molecule has 0 saturated heterocycles. The molecule has 26 heavy (non-hydrogen) atoms. The highest BCUT2D eigenvalue weighted by molar-refractivity contribution is 5.54. The number of halogens is 1. The number of nitrogens with one attached hydrogen (secondary N) is 1. The van der Waals surface area contributed by atoms with Crippen molar-refractivity contribution in [2.24, 2.45) is 5.92 Å². The Morgan fingerprint density at radius 3 is 2.58 bits per heavy atom. The average molecular weight is 357 g/mol. The third-order valence-electron chi connectivity index (χ3n) is 3.79. The summed E-state index contributed by atoms with van der Waals surface area (Å²) < 4.78 is 19.5. The van der Waals surface area contributed by atoms with Crippen molar-refractivity contribution in [3.8, 4) is 11.4 Å². The lowest BCUT2D eigenvalue weighted by molar-refractivity contribution is -0.385. The summed E-state index contributed by atoms with van der Waals surface area (Å²) >= 11 is 0. The minimum absolute atomic E-state index is 0.00432. The van der Waals surface area contributed by atoms with Crippen molar-refractivity contribution in [2.45, 2.75) is 19.9 Å². The van der Waals surface area contributed by atoms with Gasteiger partial charge >= 0.3 is 0 Å². The lowest BCUT2D eigenvalue weighted by atomic mass is 10.0. The van der Waals surface area contributed by atoms with E-state index >= 15 is 0 Å². The monoisotopic (exact) mass is 357 g/mol. The fourth-order valence-electron chi connectivity index (χ4n) is 2.40. The topological polar surface area (TPSA) is 107 Å². The smallest absolute Gasteiger partial charge is 0.272 e. The van der Waals surface area contributed by atoms with E-state index in [9.17, 15) is 14.5 Å². The van der Waals surface area contributed by atoms with Crippen molar-refractivity contribution in [1.29, 1.82) is 0 Å². The summed E-state index contributed by atoms with van der Waals surface area (Å²) in [5.41, 5.74) is 0.559. The molecule has 9 heteroatoms. The van der Waals surface area contributed by atoms with E-state index in [0.717, 1.165) is 11.6 Å².